The van der Waals surface area contributed by atoms with Gasteiger partial charge in [-0.1, -0.05) is 12.1 Å². The number of nitrogens with zero attached hydrogens (tertiary/aromatic N) is 1. The average Bonchev–Trinajstić information content (AvgIpc) is 2.66. The molecule has 9 heteroatoms. The molecule has 8 nitrogen and oxygen atoms in total. The van der Waals surface area contributed by atoms with Gasteiger partial charge in [-0.3, -0.25) is 14.4 Å². The Balaban J connectivity index is 0.00000261. The van der Waals surface area contributed by atoms with Crippen LogP contribution < -0.4 is 16.0 Å². The van der Waals surface area contributed by atoms with Crippen LogP contribution in [0.3, 0.4) is 0 Å². The molecule has 148 valence electrons. The number of hydrogen-bond acceptors (Lipinski definition) is 5. The minimum absolute atomic E-state index is 0. The quantitative estimate of drug-likeness (QED) is 0.647. The van der Waals surface area contributed by atoms with E-state index in [1.165, 1.54) is 4.90 Å². The molecule has 1 aromatic rings. The molecule has 0 bridgehead atoms. The Morgan fingerprint density at radius 3 is 2.67 bits per heavy atom. The highest BCUT2D eigenvalue weighted by molar-refractivity contribution is 5.97. The van der Waals surface area contributed by atoms with E-state index in [1.807, 2.05) is 19.1 Å². The summed E-state index contributed by atoms with van der Waals surface area (Å²) >= 11 is 0. The first-order valence-corrected chi connectivity index (χ1v) is 8.82. The van der Waals surface area contributed by atoms with Crippen LogP contribution in [0.1, 0.15) is 22.8 Å². The highest BCUT2D eigenvalue weighted by Gasteiger charge is 2.28. The number of hydrogen-bond donors (Lipinski definition) is 3. The maximum Gasteiger partial charge on any atom is 0.254 e. The molecule has 2 heterocycles. The second kappa shape index (κ2) is 9.68. The van der Waals surface area contributed by atoms with Crippen LogP contribution in [0.15, 0.2) is 24.3 Å². The molecule has 1 aromatic carbocycles. The molecular weight excluding hydrogens is 372 g/mol. The summed E-state index contributed by atoms with van der Waals surface area (Å²) in [5, 5.41) is 8.73. The first kappa shape index (κ1) is 21.1. The average molecular weight is 397 g/mol. The van der Waals surface area contributed by atoms with Gasteiger partial charge >= 0.3 is 0 Å². The van der Waals surface area contributed by atoms with Crippen LogP contribution in [0.4, 0.5) is 0 Å². The minimum atomic E-state index is -0.352. The van der Waals surface area contributed by atoms with Crippen molar-refractivity contribution in [2.24, 2.45) is 0 Å². The first-order chi connectivity index (χ1) is 12.5. The molecule has 27 heavy (non-hydrogen) atoms. The summed E-state index contributed by atoms with van der Waals surface area (Å²) in [6.45, 7) is 4.60. The largest absolute Gasteiger partial charge is 0.375 e. The second-order valence-electron chi connectivity index (χ2n) is 6.50. The van der Waals surface area contributed by atoms with Gasteiger partial charge in [0.2, 0.25) is 11.8 Å². The highest BCUT2D eigenvalue weighted by atomic mass is 35.5. The summed E-state index contributed by atoms with van der Waals surface area (Å²) in [5.41, 5.74) is 1.43. The van der Waals surface area contributed by atoms with E-state index in [9.17, 15) is 14.4 Å². The van der Waals surface area contributed by atoms with E-state index in [4.69, 9.17) is 4.74 Å². The van der Waals surface area contributed by atoms with Crippen LogP contribution >= 0.6 is 12.4 Å². The maximum absolute atomic E-state index is 12.4. The molecule has 0 aliphatic carbocycles. The van der Waals surface area contributed by atoms with Crippen molar-refractivity contribution in [1.82, 2.24) is 20.9 Å². The molecule has 3 N–H and O–H groups in total. The molecule has 3 rings (SSSR count). The molecule has 0 radical (unpaired) electrons. The Morgan fingerprint density at radius 2 is 2.00 bits per heavy atom. The SMILES string of the molecule is C[C@H]1OCCN[C@@H]1C(=O)NCc1ccc(C(=O)N2CCNC(=O)C2)cc1.Cl. The van der Waals surface area contributed by atoms with E-state index in [-0.39, 0.29) is 48.8 Å². The second-order valence-corrected chi connectivity index (χ2v) is 6.50. The van der Waals surface area contributed by atoms with Crippen molar-refractivity contribution in [3.63, 3.8) is 0 Å². The summed E-state index contributed by atoms with van der Waals surface area (Å²) in [6.07, 6.45) is -0.162. The van der Waals surface area contributed by atoms with E-state index >= 15 is 0 Å². The van der Waals surface area contributed by atoms with Gasteiger partial charge in [-0.05, 0) is 24.6 Å². The molecule has 2 aliphatic heterocycles. The van der Waals surface area contributed by atoms with Crippen molar-refractivity contribution in [2.45, 2.75) is 25.6 Å². The van der Waals surface area contributed by atoms with E-state index in [2.05, 4.69) is 16.0 Å². The Labute approximate surface area is 164 Å². The zero-order valence-corrected chi connectivity index (χ0v) is 16.0. The smallest absolute Gasteiger partial charge is 0.254 e. The van der Waals surface area contributed by atoms with Gasteiger partial charge in [0.15, 0.2) is 0 Å². The van der Waals surface area contributed by atoms with Crippen molar-refractivity contribution in [2.75, 3.05) is 32.8 Å². The number of morpholine rings is 1. The van der Waals surface area contributed by atoms with Crippen molar-refractivity contribution in [1.29, 1.82) is 0 Å². The maximum atomic E-state index is 12.4. The lowest BCUT2D eigenvalue weighted by atomic mass is 10.1. The van der Waals surface area contributed by atoms with Crippen LogP contribution in [-0.2, 0) is 20.9 Å². The van der Waals surface area contributed by atoms with Crippen LogP contribution in [0.25, 0.3) is 0 Å². The Kier molecular flexibility index (Phi) is 7.58. The zero-order chi connectivity index (χ0) is 18.5. The zero-order valence-electron chi connectivity index (χ0n) is 15.2. The topological polar surface area (TPSA) is 99.8 Å². The van der Waals surface area contributed by atoms with Crippen molar-refractivity contribution < 1.29 is 19.1 Å². The Hall–Kier alpha value is -2.16. The van der Waals surface area contributed by atoms with Crippen LogP contribution in [0, 0.1) is 0 Å². The number of rotatable bonds is 4. The summed E-state index contributed by atoms with van der Waals surface area (Å²) in [5.74, 6) is -0.400. The number of benzene rings is 1. The van der Waals surface area contributed by atoms with Crippen molar-refractivity contribution in [3.05, 3.63) is 35.4 Å². The molecule has 3 amide bonds. The van der Waals surface area contributed by atoms with Crippen molar-refractivity contribution in [3.8, 4) is 0 Å². The molecular formula is C18H25ClN4O4. The predicted molar refractivity (Wildman–Crippen MR) is 102 cm³/mol. The van der Waals surface area contributed by atoms with Crippen molar-refractivity contribution >= 4 is 30.1 Å². The fraction of sp³-hybridized carbons (Fsp3) is 0.500. The fourth-order valence-corrected chi connectivity index (χ4v) is 3.09. The summed E-state index contributed by atoms with van der Waals surface area (Å²) < 4.78 is 5.48. The third kappa shape index (κ3) is 5.41. The monoisotopic (exact) mass is 396 g/mol. The molecule has 0 aromatic heterocycles. The molecule has 2 atom stereocenters. The minimum Gasteiger partial charge on any atom is -0.375 e. The number of amides is 3. The summed E-state index contributed by atoms with van der Waals surface area (Å²) in [4.78, 5) is 37.6. The normalized spacial score (nSPS) is 22.4. The van der Waals surface area contributed by atoms with E-state index in [1.54, 1.807) is 12.1 Å². The third-order valence-electron chi connectivity index (χ3n) is 4.59. The number of ether oxygens (including phenoxy) is 1. The van der Waals surface area contributed by atoms with Crippen LogP contribution in [0.2, 0.25) is 0 Å². The molecule has 2 fully saturated rings. The Bertz CT molecular complexity index is 682. The van der Waals surface area contributed by atoms with Gasteiger partial charge in [0, 0.05) is 31.7 Å². The van der Waals surface area contributed by atoms with E-state index in [0.717, 1.165) is 5.56 Å². The lowest BCUT2D eigenvalue weighted by Crippen LogP contribution is -2.55. The third-order valence-corrected chi connectivity index (χ3v) is 4.59. The number of halogens is 1. The molecule has 2 saturated heterocycles. The standard InChI is InChI=1S/C18H24N4O4.ClH/c1-12-16(20-7-9-26-12)17(24)21-10-13-2-4-14(5-3-13)18(25)22-8-6-19-15(23)11-22;/h2-5,12,16,20H,6-11H2,1H3,(H,19,23)(H,21,24);1H/t12-,16+;/m1./s1. The highest BCUT2D eigenvalue weighted by Crippen LogP contribution is 2.10. The van der Waals surface area contributed by atoms with Gasteiger partial charge in [-0.25, -0.2) is 0 Å². The van der Waals surface area contributed by atoms with Gasteiger partial charge in [-0.15, -0.1) is 12.4 Å². The van der Waals surface area contributed by atoms with Gasteiger partial charge < -0.3 is 25.6 Å². The van der Waals surface area contributed by atoms with E-state index in [0.29, 0.717) is 38.3 Å². The molecule has 0 unspecified atom stereocenters. The number of carbonyl (C=O) groups is 3. The van der Waals surface area contributed by atoms with E-state index < -0.39 is 0 Å². The number of piperazine rings is 1. The van der Waals surface area contributed by atoms with Gasteiger partial charge in [0.05, 0.1) is 19.3 Å². The lowest BCUT2D eigenvalue weighted by Gasteiger charge is -2.29. The Morgan fingerprint density at radius 1 is 1.26 bits per heavy atom. The van der Waals surface area contributed by atoms with Crippen LogP contribution in [0.5, 0.6) is 0 Å². The molecule has 0 spiro atoms. The van der Waals surface area contributed by atoms with Gasteiger partial charge in [0.25, 0.3) is 5.91 Å². The fourth-order valence-electron chi connectivity index (χ4n) is 3.09. The number of carbonyl (C=O) groups excluding carboxylic acids is 3. The lowest BCUT2D eigenvalue weighted by molar-refractivity contribution is -0.129. The summed E-state index contributed by atoms with van der Waals surface area (Å²) in [7, 11) is 0. The van der Waals surface area contributed by atoms with Gasteiger partial charge in [0.1, 0.15) is 6.04 Å². The number of nitrogens with one attached hydrogen (secondary N) is 3. The van der Waals surface area contributed by atoms with Gasteiger partial charge in [-0.2, -0.15) is 0 Å². The summed E-state index contributed by atoms with van der Waals surface area (Å²) in [6, 6.07) is 6.72. The first-order valence-electron chi connectivity index (χ1n) is 8.82. The van der Waals surface area contributed by atoms with Crippen LogP contribution in [-0.4, -0.2) is 67.6 Å². The molecule has 0 saturated carbocycles. The predicted octanol–water partition coefficient (Wildman–Crippen LogP) is -0.326. The molecule has 2 aliphatic rings.